The molecule has 2 aromatic rings. The van der Waals surface area contributed by atoms with Gasteiger partial charge in [-0.15, -0.1) is 11.3 Å². The second-order valence-corrected chi connectivity index (χ2v) is 7.25. The van der Waals surface area contributed by atoms with Crippen molar-refractivity contribution in [3.8, 4) is 0 Å². The molecule has 3 rings (SSSR count). The molecule has 140 valence electrons. The lowest BCUT2D eigenvalue weighted by molar-refractivity contribution is -0.126. The molecule has 0 saturated carbocycles. The minimum atomic E-state index is -0.0921. The molecule has 2 aromatic heterocycles. The lowest BCUT2D eigenvalue weighted by atomic mass is 9.96. The number of rotatable bonds is 6. The number of amides is 3. The summed E-state index contributed by atoms with van der Waals surface area (Å²) in [6.45, 7) is 4.08. The van der Waals surface area contributed by atoms with E-state index in [1.807, 2.05) is 11.4 Å². The lowest BCUT2D eigenvalue weighted by Crippen LogP contribution is -2.46. The van der Waals surface area contributed by atoms with E-state index in [2.05, 4.69) is 22.5 Å². The first-order valence-electron chi connectivity index (χ1n) is 8.92. The van der Waals surface area contributed by atoms with Crippen molar-refractivity contribution in [2.24, 2.45) is 5.92 Å². The summed E-state index contributed by atoms with van der Waals surface area (Å²) < 4.78 is 5.21. The number of piperidine rings is 1. The Labute approximate surface area is 156 Å². The van der Waals surface area contributed by atoms with Crippen LogP contribution in [0.25, 0.3) is 0 Å². The van der Waals surface area contributed by atoms with Crippen LogP contribution in [0.2, 0.25) is 0 Å². The van der Waals surface area contributed by atoms with Gasteiger partial charge in [0.05, 0.1) is 30.1 Å². The predicted octanol–water partition coefficient (Wildman–Crippen LogP) is 2.54. The van der Waals surface area contributed by atoms with Crippen molar-refractivity contribution in [1.82, 2.24) is 20.5 Å². The summed E-state index contributed by atoms with van der Waals surface area (Å²) in [4.78, 5) is 30.7. The number of aryl methyl sites for hydroxylation is 1. The number of furan rings is 1. The average molecular weight is 376 g/mol. The first-order chi connectivity index (χ1) is 12.7. The molecule has 0 unspecified atom stereocenters. The Morgan fingerprint density at radius 1 is 1.31 bits per heavy atom. The zero-order valence-corrected chi connectivity index (χ0v) is 15.7. The van der Waals surface area contributed by atoms with Crippen LogP contribution < -0.4 is 10.6 Å². The Kier molecular flexibility index (Phi) is 6.27. The molecule has 1 fully saturated rings. The second kappa shape index (κ2) is 8.84. The van der Waals surface area contributed by atoms with Gasteiger partial charge in [-0.3, -0.25) is 4.79 Å². The fourth-order valence-corrected chi connectivity index (χ4v) is 3.69. The second-order valence-electron chi connectivity index (χ2n) is 6.30. The van der Waals surface area contributed by atoms with E-state index in [4.69, 9.17) is 4.42 Å². The SMILES string of the molecule is CCc1nc(CNC(=O)N2CCC(C(=O)NCc3ccco3)CC2)cs1. The van der Waals surface area contributed by atoms with E-state index in [0.29, 0.717) is 39.0 Å². The smallest absolute Gasteiger partial charge is 0.317 e. The largest absolute Gasteiger partial charge is 0.467 e. The van der Waals surface area contributed by atoms with Crippen LogP contribution in [0.1, 0.15) is 36.2 Å². The zero-order valence-electron chi connectivity index (χ0n) is 14.9. The van der Waals surface area contributed by atoms with Gasteiger partial charge in [0.2, 0.25) is 5.91 Å². The summed E-state index contributed by atoms with van der Waals surface area (Å²) in [6, 6.07) is 3.54. The number of urea groups is 1. The van der Waals surface area contributed by atoms with E-state index in [9.17, 15) is 9.59 Å². The summed E-state index contributed by atoms with van der Waals surface area (Å²) in [7, 11) is 0. The van der Waals surface area contributed by atoms with E-state index in [1.165, 1.54) is 0 Å². The molecule has 26 heavy (non-hydrogen) atoms. The van der Waals surface area contributed by atoms with Crippen LogP contribution in [-0.4, -0.2) is 34.9 Å². The molecule has 8 heteroatoms. The topological polar surface area (TPSA) is 87.5 Å². The fourth-order valence-electron chi connectivity index (χ4n) is 2.95. The number of hydrogen-bond donors (Lipinski definition) is 2. The van der Waals surface area contributed by atoms with Crippen molar-refractivity contribution in [1.29, 1.82) is 0 Å². The first kappa shape index (κ1) is 18.4. The maximum Gasteiger partial charge on any atom is 0.317 e. The molecular weight excluding hydrogens is 352 g/mol. The van der Waals surface area contributed by atoms with Gasteiger partial charge < -0.3 is 20.0 Å². The highest BCUT2D eigenvalue weighted by Gasteiger charge is 2.27. The van der Waals surface area contributed by atoms with E-state index in [-0.39, 0.29) is 17.9 Å². The predicted molar refractivity (Wildman–Crippen MR) is 98.6 cm³/mol. The van der Waals surface area contributed by atoms with Crippen molar-refractivity contribution in [2.75, 3.05) is 13.1 Å². The molecule has 0 bridgehead atoms. The number of carbonyl (C=O) groups excluding carboxylic acids is 2. The van der Waals surface area contributed by atoms with Gasteiger partial charge in [-0.2, -0.15) is 0 Å². The quantitative estimate of drug-likeness (QED) is 0.811. The number of likely N-dealkylation sites (tertiary alicyclic amines) is 1. The summed E-state index contributed by atoms with van der Waals surface area (Å²) in [5.74, 6) is 0.708. The molecule has 3 heterocycles. The van der Waals surface area contributed by atoms with Gasteiger partial charge in [-0.25, -0.2) is 9.78 Å². The van der Waals surface area contributed by atoms with Crippen molar-refractivity contribution in [3.05, 3.63) is 40.2 Å². The fraction of sp³-hybridized carbons (Fsp3) is 0.500. The van der Waals surface area contributed by atoms with Crippen LogP contribution in [-0.2, 0) is 24.3 Å². The highest BCUT2D eigenvalue weighted by Crippen LogP contribution is 2.18. The molecule has 3 amide bonds. The number of hydrogen-bond acceptors (Lipinski definition) is 5. The molecule has 0 atom stereocenters. The summed E-state index contributed by atoms with van der Waals surface area (Å²) >= 11 is 1.62. The van der Waals surface area contributed by atoms with E-state index < -0.39 is 0 Å². The Morgan fingerprint density at radius 2 is 2.12 bits per heavy atom. The van der Waals surface area contributed by atoms with Crippen molar-refractivity contribution in [3.63, 3.8) is 0 Å². The Bertz CT molecular complexity index is 721. The zero-order chi connectivity index (χ0) is 18.4. The standard InChI is InChI=1S/C18H24N4O3S/c1-2-16-21-14(12-26-16)10-20-18(24)22-7-5-13(6-8-22)17(23)19-11-15-4-3-9-25-15/h3-4,9,12-13H,2,5-8,10-11H2,1H3,(H,19,23)(H,20,24). The third kappa shape index (κ3) is 4.85. The third-order valence-corrected chi connectivity index (χ3v) is 5.53. The molecule has 0 radical (unpaired) electrons. The summed E-state index contributed by atoms with van der Waals surface area (Å²) in [5, 5.41) is 8.87. The first-order valence-corrected chi connectivity index (χ1v) is 9.79. The van der Waals surface area contributed by atoms with E-state index >= 15 is 0 Å². The van der Waals surface area contributed by atoms with Crippen LogP contribution in [0.15, 0.2) is 28.2 Å². The molecule has 1 aliphatic rings. The van der Waals surface area contributed by atoms with Crippen molar-refractivity contribution in [2.45, 2.75) is 39.3 Å². The van der Waals surface area contributed by atoms with Crippen molar-refractivity contribution < 1.29 is 14.0 Å². The van der Waals surface area contributed by atoms with Gasteiger partial charge in [0, 0.05) is 24.4 Å². The highest BCUT2D eigenvalue weighted by atomic mass is 32.1. The summed E-state index contributed by atoms with van der Waals surface area (Å²) in [5.41, 5.74) is 0.896. The van der Waals surface area contributed by atoms with Gasteiger partial charge in [-0.05, 0) is 31.4 Å². The average Bonchev–Trinajstić information content (AvgIpc) is 3.36. The molecule has 1 aliphatic heterocycles. The molecular formula is C18H24N4O3S. The number of nitrogens with one attached hydrogen (secondary N) is 2. The molecule has 0 spiro atoms. The monoisotopic (exact) mass is 376 g/mol. The minimum Gasteiger partial charge on any atom is -0.467 e. The van der Waals surface area contributed by atoms with Gasteiger partial charge in [0.25, 0.3) is 0 Å². The molecule has 2 N–H and O–H groups in total. The third-order valence-electron chi connectivity index (χ3n) is 4.49. The van der Waals surface area contributed by atoms with Gasteiger partial charge in [0.1, 0.15) is 5.76 Å². The Morgan fingerprint density at radius 3 is 2.77 bits per heavy atom. The Balaban J connectivity index is 1.38. The lowest BCUT2D eigenvalue weighted by Gasteiger charge is -2.31. The molecule has 0 aromatic carbocycles. The molecule has 1 saturated heterocycles. The van der Waals surface area contributed by atoms with Gasteiger partial charge in [0.15, 0.2) is 0 Å². The molecule has 0 aliphatic carbocycles. The maximum absolute atomic E-state index is 12.3. The van der Waals surface area contributed by atoms with Crippen LogP contribution in [0, 0.1) is 5.92 Å². The summed E-state index contributed by atoms with van der Waals surface area (Å²) in [6.07, 6.45) is 3.85. The van der Waals surface area contributed by atoms with E-state index in [1.54, 1.807) is 28.6 Å². The molecule has 7 nitrogen and oxygen atoms in total. The normalized spacial score (nSPS) is 15.0. The number of carbonyl (C=O) groups is 2. The number of aromatic nitrogens is 1. The Hall–Kier alpha value is -2.35. The number of thiazole rings is 1. The minimum absolute atomic E-state index is 0.0241. The van der Waals surface area contributed by atoms with Gasteiger partial charge >= 0.3 is 6.03 Å². The van der Waals surface area contributed by atoms with E-state index in [0.717, 1.165) is 22.9 Å². The van der Waals surface area contributed by atoms with Crippen molar-refractivity contribution >= 4 is 23.3 Å². The highest BCUT2D eigenvalue weighted by molar-refractivity contribution is 7.09. The van der Waals surface area contributed by atoms with Crippen LogP contribution >= 0.6 is 11.3 Å². The number of nitrogens with zero attached hydrogens (tertiary/aromatic N) is 2. The van der Waals surface area contributed by atoms with Crippen LogP contribution in [0.3, 0.4) is 0 Å². The van der Waals surface area contributed by atoms with Gasteiger partial charge in [-0.1, -0.05) is 6.92 Å². The van der Waals surface area contributed by atoms with Crippen LogP contribution in [0.4, 0.5) is 4.79 Å². The van der Waals surface area contributed by atoms with Crippen LogP contribution in [0.5, 0.6) is 0 Å². The maximum atomic E-state index is 12.3.